The minimum absolute atomic E-state index is 0.495. The number of fused-ring (bicyclic) bond motifs is 1. The van der Waals surface area contributed by atoms with E-state index in [1.807, 2.05) is 29.7 Å². The number of aromatic nitrogens is 2. The molecule has 5 heteroatoms. The minimum Gasteiger partial charge on any atom is -0.303 e. The van der Waals surface area contributed by atoms with Crippen LogP contribution in [0.1, 0.15) is 22.5 Å². The molecule has 21 heavy (non-hydrogen) atoms. The predicted octanol–water partition coefficient (Wildman–Crippen LogP) is 4.25. The Bertz CT molecular complexity index is 770. The van der Waals surface area contributed by atoms with Gasteiger partial charge in [-0.05, 0) is 42.3 Å². The summed E-state index contributed by atoms with van der Waals surface area (Å²) in [5.41, 5.74) is 2.30. The highest BCUT2D eigenvalue weighted by molar-refractivity contribution is 5.48. The fraction of sp³-hybridized carbons (Fsp3) is 0.188. The lowest BCUT2D eigenvalue weighted by atomic mass is 10.1. The average molecular weight is 290 g/mol. The van der Waals surface area contributed by atoms with E-state index in [0.717, 1.165) is 34.6 Å². The summed E-state index contributed by atoms with van der Waals surface area (Å²) in [5, 5.41) is 0. The highest BCUT2D eigenvalue weighted by Crippen LogP contribution is 2.29. The van der Waals surface area contributed by atoms with Crippen molar-refractivity contribution in [2.45, 2.75) is 19.5 Å². The zero-order valence-electron chi connectivity index (χ0n) is 11.4. The van der Waals surface area contributed by atoms with Gasteiger partial charge in [0.25, 0.3) is 0 Å². The van der Waals surface area contributed by atoms with Crippen molar-refractivity contribution in [2.24, 2.45) is 0 Å². The van der Waals surface area contributed by atoms with Gasteiger partial charge in [0, 0.05) is 12.6 Å². The van der Waals surface area contributed by atoms with Gasteiger partial charge in [0.15, 0.2) is 0 Å². The molecule has 2 nitrogen and oxygen atoms in total. The second-order valence-electron chi connectivity index (χ2n) is 5.04. The normalized spacial score (nSPS) is 12.0. The number of hydrogen-bond acceptors (Lipinski definition) is 1. The van der Waals surface area contributed by atoms with Gasteiger partial charge in [-0.2, -0.15) is 13.2 Å². The molecule has 0 unspecified atom stereocenters. The van der Waals surface area contributed by atoms with Crippen LogP contribution in [-0.4, -0.2) is 9.38 Å². The number of pyridine rings is 1. The van der Waals surface area contributed by atoms with Crippen molar-refractivity contribution < 1.29 is 13.2 Å². The first-order chi connectivity index (χ1) is 9.93. The zero-order chi connectivity index (χ0) is 15.0. The molecule has 0 aliphatic heterocycles. The number of aryl methyl sites for hydroxylation is 1. The number of nitrogens with zero attached hydrogens (tertiary/aromatic N) is 2. The molecule has 0 aliphatic carbocycles. The Labute approximate surface area is 119 Å². The third-order valence-electron chi connectivity index (χ3n) is 3.41. The molecule has 2 aromatic heterocycles. The van der Waals surface area contributed by atoms with Crippen LogP contribution in [0.25, 0.3) is 5.52 Å². The third kappa shape index (κ3) is 2.77. The number of halogens is 3. The molecule has 2 heterocycles. The lowest BCUT2D eigenvalue weighted by Crippen LogP contribution is -2.05. The van der Waals surface area contributed by atoms with Crippen molar-refractivity contribution in [1.29, 1.82) is 0 Å². The molecular formula is C16H13F3N2. The summed E-state index contributed by atoms with van der Waals surface area (Å²) in [6.45, 7) is 2.00. The van der Waals surface area contributed by atoms with E-state index >= 15 is 0 Å². The fourth-order valence-electron chi connectivity index (χ4n) is 2.29. The number of hydrogen-bond donors (Lipinski definition) is 0. The molecule has 0 saturated heterocycles. The molecule has 0 fully saturated rings. The lowest BCUT2D eigenvalue weighted by molar-refractivity contribution is -0.137. The fourth-order valence-corrected chi connectivity index (χ4v) is 2.29. The Kier molecular flexibility index (Phi) is 3.20. The van der Waals surface area contributed by atoms with Crippen molar-refractivity contribution in [2.75, 3.05) is 0 Å². The van der Waals surface area contributed by atoms with Crippen molar-refractivity contribution in [3.63, 3.8) is 0 Å². The van der Waals surface area contributed by atoms with E-state index in [-0.39, 0.29) is 0 Å². The molecule has 1 aromatic carbocycles. The molecule has 0 atom stereocenters. The molecule has 0 amide bonds. The standard InChI is InChI=1S/C16H13F3N2/c1-11-6-7-21-14(8-11)10-20-15(21)9-12-2-4-13(5-3-12)16(17,18)19/h2-8,10H,9H2,1H3. The first-order valence-corrected chi connectivity index (χ1v) is 6.52. The van der Waals surface area contributed by atoms with E-state index in [1.54, 1.807) is 6.20 Å². The molecular weight excluding hydrogens is 277 g/mol. The van der Waals surface area contributed by atoms with Crippen LogP contribution in [0.5, 0.6) is 0 Å². The minimum atomic E-state index is -4.30. The van der Waals surface area contributed by atoms with Gasteiger partial charge in [-0.15, -0.1) is 0 Å². The Balaban J connectivity index is 1.88. The van der Waals surface area contributed by atoms with Crippen LogP contribution in [-0.2, 0) is 12.6 Å². The molecule has 0 radical (unpaired) electrons. The summed E-state index contributed by atoms with van der Waals surface area (Å²) >= 11 is 0. The largest absolute Gasteiger partial charge is 0.416 e. The first-order valence-electron chi connectivity index (χ1n) is 6.52. The quantitative estimate of drug-likeness (QED) is 0.689. The van der Waals surface area contributed by atoms with E-state index < -0.39 is 11.7 Å². The summed E-state index contributed by atoms with van der Waals surface area (Å²) in [6, 6.07) is 9.20. The molecule has 0 N–H and O–H groups in total. The van der Waals surface area contributed by atoms with Crippen LogP contribution in [0.3, 0.4) is 0 Å². The van der Waals surface area contributed by atoms with Crippen LogP contribution < -0.4 is 0 Å². The van der Waals surface area contributed by atoms with E-state index in [0.29, 0.717) is 6.42 Å². The van der Waals surface area contributed by atoms with Crippen molar-refractivity contribution >= 4 is 5.52 Å². The summed E-state index contributed by atoms with van der Waals surface area (Å²) in [7, 11) is 0. The second-order valence-corrected chi connectivity index (χ2v) is 5.04. The van der Waals surface area contributed by atoms with Gasteiger partial charge in [0.05, 0.1) is 17.3 Å². The number of rotatable bonds is 2. The zero-order valence-corrected chi connectivity index (χ0v) is 11.4. The highest BCUT2D eigenvalue weighted by atomic mass is 19.4. The third-order valence-corrected chi connectivity index (χ3v) is 3.41. The highest BCUT2D eigenvalue weighted by Gasteiger charge is 2.29. The van der Waals surface area contributed by atoms with Gasteiger partial charge in [-0.3, -0.25) is 0 Å². The number of alkyl halides is 3. The molecule has 108 valence electrons. The maximum Gasteiger partial charge on any atom is 0.416 e. The summed E-state index contributed by atoms with van der Waals surface area (Å²) in [5.74, 6) is 0.810. The van der Waals surface area contributed by atoms with E-state index in [4.69, 9.17) is 0 Å². The molecule has 3 rings (SSSR count). The maximum absolute atomic E-state index is 12.5. The maximum atomic E-state index is 12.5. The van der Waals surface area contributed by atoms with Crippen molar-refractivity contribution in [1.82, 2.24) is 9.38 Å². The molecule has 3 aromatic rings. The van der Waals surface area contributed by atoms with Gasteiger partial charge in [-0.1, -0.05) is 12.1 Å². The molecule has 0 saturated carbocycles. The van der Waals surface area contributed by atoms with E-state index in [2.05, 4.69) is 4.98 Å². The van der Waals surface area contributed by atoms with Gasteiger partial charge in [-0.25, -0.2) is 4.98 Å². The van der Waals surface area contributed by atoms with Crippen LogP contribution in [0.15, 0.2) is 48.8 Å². The summed E-state index contributed by atoms with van der Waals surface area (Å²) in [4.78, 5) is 4.34. The van der Waals surface area contributed by atoms with E-state index in [1.165, 1.54) is 12.1 Å². The molecule has 0 aliphatic rings. The number of imidazole rings is 1. The molecule has 0 spiro atoms. The Morgan fingerprint density at radius 3 is 2.48 bits per heavy atom. The Morgan fingerprint density at radius 2 is 1.81 bits per heavy atom. The SMILES string of the molecule is Cc1ccn2c(Cc3ccc(C(F)(F)F)cc3)ncc2c1. The Morgan fingerprint density at radius 1 is 1.10 bits per heavy atom. The van der Waals surface area contributed by atoms with Crippen LogP contribution >= 0.6 is 0 Å². The number of benzene rings is 1. The molecule has 0 bridgehead atoms. The Hall–Kier alpha value is -2.30. The van der Waals surface area contributed by atoms with Crippen LogP contribution in [0.4, 0.5) is 13.2 Å². The van der Waals surface area contributed by atoms with Crippen molar-refractivity contribution in [3.05, 3.63) is 71.3 Å². The van der Waals surface area contributed by atoms with Crippen LogP contribution in [0, 0.1) is 6.92 Å². The summed E-state index contributed by atoms with van der Waals surface area (Å²) < 4.78 is 39.5. The van der Waals surface area contributed by atoms with Crippen LogP contribution in [0.2, 0.25) is 0 Å². The smallest absolute Gasteiger partial charge is 0.303 e. The predicted molar refractivity (Wildman–Crippen MR) is 74.2 cm³/mol. The van der Waals surface area contributed by atoms with E-state index in [9.17, 15) is 13.2 Å². The van der Waals surface area contributed by atoms with Gasteiger partial charge in [0.2, 0.25) is 0 Å². The lowest BCUT2D eigenvalue weighted by Gasteiger charge is -2.07. The monoisotopic (exact) mass is 290 g/mol. The second kappa shape index (κ2) is 4.91. The topological polar surface area (TPSA) is 17.3 Å². The van der Waals surface area contributed by atoms with Crippen molar-refractivity contribution in [3.8, 4) is 0 Å². The van der Waals surface area contributed by atoms with Gasteiger partial charge in [0.1, 0.15) is 5.82 Å². The van der Waals surface area contributed by atoms with Gasteiger partial charge < -0.3 is 4.40 Å². The summed E-state index contributed by atoms with van der Waals surface area (Å²) in [6.07, 6.45) is -0.102. The van der Waals surface area contributed by atoms with Gasteiger partial charge >= 0.3 is 6.18 Å². The average Bonchev–Trinajstić information content (AvgIpc) is 2.80. The first kappa shape index (κ1) is 13.7.